The van der Waals surface area contributed by atoms with Gasteiger partial charge in [0.25, 0.3) is 0 Å². The molecule has 3 N–H and O–H groups in total. The summed E-state index contributed by atoms with van der Waals surface area (Å²) in [7, 11) is 0. The van der Waals surface area contributed by atoms with E-state index >= 15 is 0 Å². The summed E-state index contributed by atoms with van der Waals surface area (Å²) in [6, 6.07) is 15.0. The Balaban J connectivity index is 1.87. The van der Waals surface area contributed by atoms with Crippen LogP contribution in [0.3, 0.4) is 0 Å². The smallest absolute Gasteiger partial charge is 0.311 e. The van der Waals surface area contributed by atoms with E-state index in [0.717, 1.165) is 10.0 Å². The van der Waals surface area contributed by atoms with Crippen molar-refractivity contribution < 1.29 is 10.0 Å². The van der Waals surface area contributed by atoms with Gasteiger partial charge in [-0.05, 0) is 36.4 Å². The highest BCUT2D eigenvalue weighted by Crippen LogP contribution is 2.32. The summed E-state index contributed by atoms with van der Waals surface area (Å²) >= 11 is 3.42. The van der Waals surface area contributed by atoms with Gasteiger partial charge in [0, 0.05) is 21.7 Å². The van der Waals surface area contributed by atoms with E-state index in [4.69, 9.17) is 5.73 Å². The van der Waals surface area contributed by atoms with Crippen LogP contribution in [0.1, 0.15) is 0 Å². The van der Waals surface area contributed by atoms with Crippen molar-refractivity contribution in [1.82, 2.24) is 15.0 Å². The van der Waals surface area contributed by atoms with Crippen LogP contribution in [0, 0.1) is 10.1 Å². The van der Waals surface area contributed by atoms with Gasteiger partial charge in [0.05, 0.1) is 16.0 Å². The Bertz CT molecular complexity index is 1250. The maximum atomic E-state index is 11.1. The zero-order valence-electron chi connectivity index (χ0n) is 14.2. The van der Waals surface area contributed by atoms with E-state index in [1.54, 1.807) is 18.2 Å². The van der Waals surface area contributed by atoms with Gasteiger partial charge in [-0.15, -0.1) is 0 Å². The van der Waals surface area contributed by atoms with E-state index in [0.29, 0.717) is 28.1 Å². The lowest BCUT2D eigenvalue weighted by Crippen LogP contribution is -2.00. The summed E-state index contributed by atoms with van der Waals surface area (Å²) in [5.74, 6) is 0.307. The zero-order valence-corrected chi connectivity index (χ0v) is 15.8. The van der Waals surface area contributed by atoms with Crippen LogP contribution in [-0.2, 0) is 0 Å². The molecule has 0 radical (unpaired) electrons. The minimum absolute atomic E-state index is 0.288. The number of phenolic OH excluding ortho intramolecular Hbond substituents is 1. The predicted octanol–water partition coefficient (Wildman–Crippen LogP) is 4.32. The molecule has 138 valence electrons. The fourth-order valence-electron chi connectivity index (χ4n) is 2.78. The lowest BCUT2D eigenvalue weighted by Gasteiger charge is -2.08. The van der Waals surface area contributed by atoms with Gasteiger partial charge >= 0.3 is 5.69 Å². The van der Waals surface area contributed by atoms with E-state index in [-0.39, 0.29) is 5.82 Å². The number of nitrogens with two attached hydrogens (primary N) is 1. The molecule has 0 unspecified atom stereocenters. The molecule has 0 saturated heterocycles. The summed E-state index contributed by atoms with van der Waals surface area (Å²) in [4.78, 5) is 23.8. The molecule has 0 bridgehead atoms. The lowest BCUT2D eigenvalue weighted by molar-refractivity contribution is -0.385. The largest absolute Gasteiger partial charge is 0.502 e. The van der Waals surface area contributed by atoms with Crippen LogP contribution in [0.25, 0.3) is 33.7 Å². The number of pyridine rings is 1. The lowest BCUT2D eigenvalue weighted by atomic mass is 10.1. The average Bonchev–Trinajstić information content (AvgIpc) is 2.67. The molecule has 0 aliphatic rings. The summed E-state index contributed by atoms with van der Waals surface area (Å²) < 4.78 is 0.880. The summed E-state index contributed by atoms with van der Waals surface area (Å²) in [5.41, 5.74) is 7.78. The second-order valence-electron chi connectivity index (χ2n) is 5.97. The number of hydrogen-bond acceptors (Lipinski definition) is 7. The van der Waals surface area contributed by atoms with Crippen molar-refractivity contribution >= 4 is 38.5 Å². The molecular formula is C19H12BrN5O3. The molecule has 4 aromatic rings. The van der Waals surface area contributed by atoms with Gasteiger partial charge in [-0.1, -0.05) is 28.1 Å². The number of hydrogen-bond donors (Lipinski definition) is 2. The summed E-state index contributed by atoms with van der Waals surface area (Å²) in [5, 5.41) is 21.3. The van der Waals surface area contributed by atoms with E-state index in [9.17, 15) is 15.2 Å². The molecule has 0 amide bonds. The van der Waals surface area contributed by atoms with Gasteiger partial charge < -0.3 is 10.8 Å². The van der Waals surface area contributed by atoms with Crippen molar-refractivity contribution in [3.05, 3.63) is 69.2 Å². The fourth-order valence-corrected chi connectivity index (χ4v) is 3.18. The molecule has 4 rings (SSSR count). The maximum absolute atomic E-state index is 11.1. The average molecular weight is 438 g/mol. The molecule has 0 fully saturated rings. The van der Waals surface area contributed by atoms with E-state index in [1.807, 2.05) is 24.3 Å². The molecule has 2 aromatic heterocycles. The number of nitrogens with zero attached hydrogens (tertiary/aromatic N) is 4. The monoisotopic (exact) mass is 437 g/mol. The first kappa shape index (κ1) is 17.8. The quantitative estimate of drug-likeness (QED) is 0.360. The topological polar surface area (TPSA) is 128 Å². The van der Waals surface area contributed by atoms with Gasteiger partial charge in [0.15, 0.2) is 17.2 Å². The van der Waals surface area contributed by atoms with Crippen molar-refractivity contribution in [3.63, 3.8) is 0 Å². The number of nitro benzene ring substituents is 1. The first-order valence-electron chi connectivity index (χ1n) is 8.10. The number of aromatic hydroxyl groups is 1. The third-order valence-electron chi connectivity index (χ3n) is 4.14. The number of rotatable bonds is 3. The van der Waals surface area contributed by atoms with Crippen LogP contribution < -0.4 is 5.73 Å². The highest BCUT2D eigenvalue weighted by atomic mass is 79.9. The number of fused-ring (bicyclic) bond motifs is 1. The third-order valence-corrected chi connectivity index (χ3v) is 4.63. The maximum Gasteiger partial charge on any atom is 0.311 e. The number of benzene rings is 2. The number of aromatic nitrogens is 3. The Morgan fingerprint density at radius 1 is 1.00 bits per heavy atom. The summed E-state index contributed by atoms with van der Waals surface area (Å²) in [6.07, 6.45) is 0. The SMILES string of the molecule is Nc1nc(-c2cccc(Br)c2)nc2nc(-c3ccc(O)c([N+](=O)[O-])c3)ccc12. The second kappa shape index (κ2) is 6.86. The zero-order chi connectivity index (χ0) is 19.8. The standard InChI is InChI=1S/C19H12BrN5O3/c20-12-3-1-2-11(8-12)18-23-17(21)13-5-6-14(22-19(13)24-18)10-4-7-16(26)15(9-10)25(27)28/h1-9,26H,(H2,21,22,23,24). The molecule has 2 aromatic carbocycles. The first-order valence-corrected chi connectivity index (χ1v) is 8.89. The molecule has 0 atom stereocenters. The molecule has 0 spiro atoms. The number of nitro groups is 1. The first-order chi connectivity index (χ1) is 13.4. The van der Waals surface area contributed by atoms with Crippen molar-refractivity contribution in [2.45, 2.75) is 0 Å². The van der Waals surface area contributed by atoms with Crippen molar-refractivity contribution in [3.8, 4) is 28.4 Å². The van der Waals surface area contributed by atoms with Crippen LogP contribution in [-0.4, -0.2) is 25.0 Å². The van der Waals surface area contributed by atoms with E-state index in [1.165, 1.54) is 12.1 Å². The number of anilines is 1. The van der Waals surface area contributed by atoms with Crippen molar-refractivity contribution in [2.24, 2.45) is 0 Å². The normalized spacial score (nSPS) is 10.9. The molecule has 28 heavy (non-hydrogen) atoms. The van der Waals surface area contributed by atoms with E-state index in [2.05, 4.69) is 30.9 Å². The van der Waals surface area contributed by atoms with Gasteiger partial charge in [-0.2, -0.15) is 0 Å². The Morgan fingerprint density at radius 3 is 2.57 bits per heavy atom. The minimum atomic E-state index is -0.647. The Morgan fingerprint density at radius 2 is 1.82 bits per heavy atom. The van der Waals surface area contributed by atoms with E-state index < -0.39 is 16.4 Å². The third kappa shape index (κ3) is 3.23. The van der Waals surface area contributed by atoms with Crippen molar-refractivity contribution in [1.29, 1.82) is 0 Å². The fraction of sp³-hybridized carbons (Fsp3) is 0. The Hall–Kier alpha value is -3.59. The van der Waals surface area contributed by atoms with Gasteiger partial charge in [0.2, 0.25) is 0 Å². The molecule has 0 aliphatic carbocycles. The minimum Gasteiger partial charge on any atom is -0.502 e. The molecule has 0 saturated carbocycles. The van der Waals surface area contributed by atoms with Gasteiger partial charge in [-0.3, -0.25) is 10.1 Å². The van der Waals surface area contributed by atoms with Crippen molar-refractivity contribution in [2.75, 3.05) is 5.73 Å². The molecule has 0 aliphatic heterocycles. The summed E-state index contributed by atoms with van der Waals surface area (Å²) in [6.45, 7) is 0. The molecule has 2 heterocycles. The molecular weight excluding hydrogens is 426 g/mol. The highest BCUT2D eigenvalue weighted by molar-refractivity contribution is 9.10. The van der Waals surface area contributed by atoms with Crippen LogP contribution in [0.4, 0.5) is 11.5 Å². The van der Waals surface area contributed by atoms with Crippen LogP contribution >= 0.6 is 15.9 Å². The van der Waals surface area contributed by atoms with Gasteiger partial charge in [-0.25, -0.2) is 15.0 Å². The number of nitrogen functional groups attached to an aromatic ring is 1. The van der Waals surface area contributed by atoms with Crippen LogP contribution in [0.2, 0.25) is 0 Å². The molecule has 9 heteroatoms. The highest BCUT2D eigenvalue weighted by Gasteiger charge is 2.16. The second-order valence-corrected chi connectivity index (χ2v) is 6.89. The predicted molar refractivity (Wildman–Crippen MR) is 109 cm³/mol. The van der Waals surface area contributed by atoms with Crippen LogP contribution in [0.15, 0.2) is 59.1 Å². The van der Waals surface area contributed by atoms with Gasteiger partial charge in [0.1, 0.15) is 5.82 Å². The Kier molecular flexibility index (Phi) is 4.36. The molecule has 8 nitrogen and oxygen atoms in total. The Labute approximate surface area is 167 Å². The van der Waals surface area contributed by atoms with Crippen LogP contribution in [0.5, 0.6) is 5.75 Å². The number of phenols is 1. The number of halogens is 1.